The minimum atomic E-state index is -3.59. The highest BCUT2D eigenvalue weighted by molar-refractivity contribution is 7.89. The van der Waals surface area contributed by atoms with Crippen LogP contribution in [0.3, 0.4) is 0 Å². The molecule has 0 radical (unpaired) electrons. The average Bonchev–Trinajstić information content (AvgIpc) is 3.14. The molecule has 1 N–H and O–H groups in total. The maximum Gasteiger partial charge on any atom is 0.272 e. The number of carbonyl (C=O) groups excluding carboxylic acids is 2. The number of aryl methyl sites for hydroxylation is 1. The molecule has 26 heavy (non-hydrogen) atoms. The van der Waals surface area contributed by atoms with Crippen molar-refractivity contribution in [2.24, 2.45) is 13.0 Å². The monoisotopic (exact) mass is 383 g/mol. The van der Waals surface area contributed by atoms with E-state index >= 15 is 0 Å². The third kappa shape index (κ3) is 3.75. The molecular weight excluding hydrogens is 358 g/mol. The van der Waals surface area contributed by atoms with Crippen molar-refractivity contribution >= 4 is 21.8 Å². The fourth-order valence-corrected chi connectivity index (χ4v) is 5.10. The van der Waals surface area contributed by atoms with Crippen LogP contribution in [0.5, 0.6) is 0 Å². The predicted octanol–water partition coefficient (Wildman–Crippen LogP) is -0.579. The molecule has 0 aliphatic carbocycles. The normalized spacial score (nSPS) is 26.0. The molecule has 0 unspecified atom stereocenters. The van der Waals surface area contributed by atoms with Crippen LogP contribution in [0.1, 0.15) is 30.8 Å². The zero-order valence-corrected chi connectivity index (χ0v) is 16.1. The molecule has 2 amide bonds. The molecule has 2 fully saturated rings. The number of nitrogens with zero attached hydrogens (tertiary/aromatic N) is 4. The summed E-state index contributed by atoms with van der Waals surface area (Å²) in [6, 6.07) is 0.908. The number of hydrogen-bond donors (Lipinski definition) is 1. The Labute approximate surface area is 153 Å². The zero-order chi connectivity index (χ0) is 19.1. The molecule has 0 aromatic carbocycles. The first-order valence-electron chi connectivity index (χ1n) is 8.76. The van der Waals surface area contributed by atoms with E-state index in [9.17, 15) is 18.0 Å². The van der Waals surface area contributed by atoms with Crippen molar-refractivity contribution in [1.29, 1.82) is 0 Å². The van der Waals surface area contributed by atoms with Crippen LogP contribution in [0.2, 0.25) is 0 Å². The Bertz CT molecular complexity index is 803. The van der Waals surface area contributed by atoms with E-state index in [-0.39, 0.29) is 36.1 Å². The standard InChI is InChI=1S/C16H25N5O4S/c1-11(2)9-21-16(23)14-8-12(10-20(14)6-7-26(21,24)25)17-15(22)13-4-5-19(3)18-13/h4-5,11-12,14H,6-10H2,1-3H3,(H,17,22)/t12-,14-/m0/s1. The molecule has 144 valence electrons. The zero-order valence-electron chi connectivity index (χ0n) is 15.3. The topological polar surface area (TPSA) is 105 Å². The number of rotatable bonds is 4. The summed E-state index contributed by atoms with van der Waals surface area (Å²) in [5, 5.41) is 6.98. The van der Waals surface area contributed by atoms with Crippen LogP contribution < -0.4 is 5.32 Å². The molecule has 2 aliphatic heterocycles. The van der Waals surface area contributed by atoms with Gasteiger partial charge in [0.1, 0.15) is 5.69 Å². The maximum absolute atomic E-state index is 12.9. The lowest BCUT2D eigenvalue weighted by Crippen LogP contribution is -2.45. The quantitative estimate of drug-likeness (QED) is 0.746. The number of nitrogens with one attached hydrogen (secondary N) is 1. The maximum atomic E-state index is 12.9. The van der Waals surface area contributed by atoms with E-state index < -0.39 is 16.1 Å². The van der Waals surface area contributed by atoms with Crippen molar-refractivity contribution in [2.75, 3.05) is 25.4 Å². The molecule has 10 heteroatoms. The molecule has 2 atom stereocenters. The van der Waals surface area contributed by atoms with Crippen molar-refractivity contribution in [3.8, 4) is 0 Å². The third-order valence-corrected chi connectivity index (χ3v) is 6.42. The minimum Gasteiger partial charge on any atom is -0.347 e. The summed E-state index contributed by atoms with van der Waals surface area (Å²) in [6.45, 7) is 4.71. The van der Waals surface area contributed by atoms with Gasteiger partial charge in [0.15, 0.2) is 0 Å². The lowest BCUT2D eigenvalue weighted by Gasteiger charge is -2.25. The van der Waals surface area contributed by atoms with Crippen LogP contribution in [-0.4, -0.2) is 76.7 Å². The largest absolute Gasteiger partial charge is 0.347 e. The minimum absolute atomic E-state index is 0.0568. The summed E-state index contributed by atoms with van der Waals surface area (Å²) in [5.41, 5.74) is 0.324. The van der Waals surface area contributed by atoms with Crippen molar-refractivity contribution in [1.82, 2.24) is 24.3 Å². The van der Waals surface area contributed by atoms with E-state index in [0.717, 1.165) is 4.31 Å². The van der Waals surface area contributed by atoms with Gasteiger partial charge in [-0.25, -0.2) is 12.7 Å². The summed E-state index contributed by atoms with van der Waals surface area (Å²) < 4.78 is 27.4. The van der Waals surface area contributed by atoms with Crippen molar-refractivity contribution < 1.29 is 18.0 Å². The third-order valence-electron chi connectivity index (χ3n) is 4.72. The smallest absolute Gasteiger partial charge is 0.272 e. The van der Waals surface area contributed by atoms with Gasteiger partial charge >= 0.3 is 0 Å². The summed E-state index contributed by atoms with van der Waals surface area (Å²) in [7, 11) is -1.85. The number of aromatic nitrogens is 2. The molecule has 0 spiro atoms. The second kappa shape index (κ2) is 6.99. The molecule has 0 saturated carbocycles. The SMILES string of the molecule is CC(C)CN1C(=O)[C@@H]2C[C@H](NC(=O)c3ccn(C)n3)CN2CCS1(=O)=O. The molecule has 3 heterocycles. The molecule has 2 aliphatic rings. The fourth-order valence-electron chi connectivity index (χ4n) is 3.49. The van der Waals surface area contributed by atoms with Gasteiger partial charge in [-0.3, -0.25) is 19.2 Å². The van der Waals surface area contributed by atoms with Gasteiger partial charge in [-0.2, -0.15) is 5.10 Å². The van der Waals surface area contributed by atoms with Gasteiger partial charge in [0.05, 0.1) is 11.8 Å². The van der Waals surface area contributed by atoms with Gasteiger partial charge in [-0.05, 0) is 18.4 Å². The van der Waals surface area contributed by atoms with Gasteiger partial charge in [-0.15, -0.1) is 0 Å². The van der Waals surface area contributed by atoms with Crippen molar-refractivity contribution in [3.05, 3.63) is 18.0 Å². The Morgan fingerprint density at radius 3 is 2.77 bits per heavy atom. The lowest BCUT2D eigenvalue weighted by atomic mass is 10.1. The van der Waals surface area contributed by atoms with Crippen LogP contribution in [0.4, 0.5) is 0 Å². The number of carbonyl (C=O) groups is 2. The molecule has 1 aromatic rings. The number of hydrogen-bond acceptors (Lipinski definition) is 6. The van der Waals surface area contributed by atoms with E-state index in [2.05, 4.69) is 10.4 Å². The molecular formula is C16H25N5O4S. The first-order chi connectivity index (χ1) is 12.2. The van der Waals surface area contributed by atoms with E-state index in [1.807, 2.05) is 18.7 Å². The van der Waals surface area contributed by atoms with E-state index in [1.54, 1.807) is 24.0 Å². The average molecular weight is 383 g/mol. The second-order valence-electron chi connectivity index (χ2n) is 7.37. The van der Waals surface area contributed by atoms with E-state index in [1.165, 1.54) is 0 Å². The number of fused-ring (bicyclic) bond motifs is 1. The first-order valence-corrected chi connectivity index (χ1v) is 10.4. The van der Waals surface area contributed by atoms with Gasteiger partial charge in [0.2, 0.25) is 10.0 Å². The van der Waals surface area contributed by atoms with Crippen LogP contribution in [0.25, 0.3) is 0 Å². The van der Waals surface area contributed by atoms with Gasteiger partial charge in [-0.1, -0.05) is 13.8 Å². The molecule has 0 bridgehead atoms. The molecule has 9 nitrogen and oxygen atoms in total. The van der Waals surface area contributed by atoms with Crippen LogP contribution >= 0.6 is 0 Å². The Balaban J connectivity index is 1.71. The van der Waals surface area contributed by atoms with E-state index in [4.69, 9.17) is 0 Å². The second-order valence-corrected chi connectivity index (χ2v) is 9.38. The molecule has 3 rings (SSSR count). The fraction of sp³-hybridized carbons (Fsp3) is 0.688. The van der Waals surface area contributed by atoms with Gasteiger partial charge in [0, 0.05) is 38.9 Å². The highest BCUT2D eigenvalue weighted by Gasteiger charge is 2.45. The summed E-state index contributed by atoms with van der Waals surface area (Å²) in [6.07, 6.45) is 2.09. The van der Waals surface area contributed by atoms with Gasteiger partial charge < -0.3 is 5.32 Å². The summed E-state index contributed by atoms with van der Waals surface area (Å²) in [4.78, 5) is 27.0. The molecule has 2 saturated heterocycles. The van der Waals surface area contributed by atoms with Crippen molar-refractivity contribution in [3.63, 3.8) is 0 Å². The highest BCUT2D eigenvalue weighted by Crippen LogP contribution is 2.25. The lowest BCUT2D eigenvalue weighted by molar-refractivity contribution is -0.130. The molecule has 1 aromatic heterocycles. The van der Waals surface area contributed by atoms with Crippen LogP contribution in [-0.2, 0) is 21.9 Å². The Morgan fingerprint density at radius 2 is 2.15 bits per heavy atom. The number of amides is 2. The van der Waals surface area contributed by atoms with Crippen LogP contribution in [0, 0.1) is 5.92 Å². The summed E-state index contributed by atoms with van der Waals surface area (Å²) >= 11 is 0. The first kappa shape index (κ1) is 18.8. The van der Waals surface area contributed by atoms with Crippen LogP contribution in [0.15, 0.2) is 12.3 Å². The van der Waals surface area contributed by atoms with Crippen molar-refractivity contribution in [2.45, 2.75) is 32.4 Å². The Morgan fingerprint density at radius 1 is 1.42 bits per heavy atom. The van der Waals surface area contributed by atoms with E-state index in [0.29, 0.717) is 25.2 Å². The summed E-state index contributed by atoms with van der Waals surface area (Å²) in [5.74, 6) is -0.692. The predicted molar refractivity (Wildman–Crippen MR) is 94.8 cm³/mol. The van der Waals surface area contributed by atoms with Gasteiger partial charge in [0.25, 0.3) is 11.8 Å². The highest BCUT2D eigenvalue weighted by atomic mass is 32.2. The number of sulfonamides is 1. The Kier molecular flexibility index (Phi) is 5.07. The Hall–Kier alpha value is -1.94.